The summed E-state index contributed by atoms with van der Waals surface area (Å²) in [6.45, 7) is 9.92. The van der Waals surface area contributed by atoms with Crippen molar-refractivity contribution in [2.75, 3.05) is 13.2 Å². The van der Waals surface area contributed by atoms with Crippen LogP contribution in [0.25, 0.3) is 0 Å². The van der Waals surface area contributed by atoms with Crippen molar-refractivity contribution in [3.63, 3.8) is 0 Å². The van der Waals surface area contributed by atoms with Crippen molar-refractivity contribution in [2.24, 2.45) is 22.2 Å². The fourth-order valence-electron chi connectivity index (χ4n) is 6.37. The molecular formula is C20H28O4. The van der Waals surface area contributed by atoms with Gasteiger partial charge in [0.2, 0.25) is 0 Å². The molecule has 132 valence electrons. The van der Waals surface area contributed by atoms with Crippen LogP contribution in [0.2, 0.25) is 0 Å². The zero-order valence-corrected chi connectivity index (χ0v) is 15.1. The van der Waals surface area contributed by atoms with E-state index in [4.69, 9.17) is 9.47 Å². The Hall–Kier alpha value is -0.970. The predicted molar refractivity (Wildman–Crippen MR) is 90.2 cm³/mol. The molecule has 0 aromatic carbocycles. The van der Waals surface area contributed by atoms with Crippen molar-refractivity contribution in [1.29, 1.82) is 0 Å². The van der Waals surface area contributed by atoms with Crippen LogP contribution in [0.5, 0.6) is 0 Å². The van der Waals surface area contributed by atoms with Gasteiger partial charge in [-0.1, -0.05) is 39.3 Å². The lowest BCUT2D eigenvalue weighted by Crippen LogP contribution is -2.65. The van der Waals surface area contributed by atoms with Crippen molar-refractivity contribution in [3.8, 4) is 0 Å². The van der Waals surface area contributed by atoms with Gasteiger partial charge < -0.3 is 14.6 Å². The number of rotatable bonds is 0. The molecule has 4 aliphatic rings. The van der Waals surface area contributed by atoms with Crippen LogP contribution in [0.1, 0.15) is 47.0 Å². The van der Waals surface area contributed by atoms with E-state index < -0.39 is 11.9 Å². The van der Waals surface area contributed by atoms with E-state index in [1.165, 1.54) is 5.57 Å². The van der Waals surface area contributed by atoms with Gasteiger partial charge in [0.1, 0.15) is 0 Å². The van der Waals surface area contributed by atoms with Crippen molar-refractivity contribution in [3.05, 3.63) is 23.8 Å². The highest BCUT2D eigenvalue weighted by atomic mass is 16.7. The van der Waals surface area contributed by atoms with Gasteiger partial charge in [0.25, 0.3) is 0 Å². The molecule has 2 saturated carbocycles. The largest absolute Gasteiger partial charge is 0.393 e. The quantitative estimate of drug-likeness (QED) is 0.741. The van der Waals surface area contributed by atoms with Gasteiger partial charge in [-0.15, -0.1) is 0 Å². The van der Waals surface area contributed by atoms with E-state index in [0.717, 1.165) is 12.8 Å². The van der Waals surface area contributed by atoms with Gasteiger partial charge in [0.05, 0.1) is 19.3 Å². The molecule has 0 bridgehead atoms. The van der Waals surface area contributed by atoms with Crippen LogP contribution in [0.3, 0.4) is 0 Å². The van der Waals surface area contributed by atoms with E-state index in [2.05, 4.69) is 27.7 Å². The number of fused-ring (bicyclic) bond motifs is 3. The summed E-state index contributed by atoms with van der Waals surface area (Å²) < 4.78 is 12.2. The monoisotopic (exact) mass is 332 g/mol. The van der Waals surface area contributed by atoms with E-state index in [-0.39, 0.29) is 27.9 Å². The molecule has 3 aliphatic carbocycles. The van der Waals surface area contributed by atoms with Gasteiger partial charge in [-0.2, -0.15) is 0 Å². The lowest BCUT2D eigenvalue weighted by Gasteiger charge is -2.64. The first-order chi connectivity index (χ1) is 11.1. The number of carbonyl (C=O) groups excluding carboxylic acids is 1. The number of aliphatic hydroxyl groups is 1. The third-order valence-electron chi connectivity index (χ3n) is 7.32. The summed E-state index contributed by atoms with van der Waals surface area (Å²) in [5, 5.41) is 11.2. The van der Waals surface area contributed by atoms with Crippen LogP contribution in [-0.2, 0) is 14.3 Å². The summed E-state index contributed by atoms with van der Waals surface area (Å²) in [4.78, 5) is 12.1. The number of allylic oxidation sites excluding steroid dienone is 4. The Bertz CT molecular complexity index is 640. The van der Waals surface area contributed by atoms with Gasteiger partial charge in [0.15, 0.2) is 11.6 Å². The SMILES string of the molecule is CC1(C)[C@@H]2[C@@H](O)C[C@@]3(C)C=CC(=O)C=C3[C@@]2(C)CCC12OCCO2. The Morgan fingerprint density at radius 3 is 2.46 bits per heavy atom. The lowest BCUT2D eigenvalue weighted by molar-refractivity contribution is -0.297. The minimum Gasteiger partial charge on any atom is -0.393 e. The molecule has 0 radical (unpaired) electrons. The van der Waals surface area contributed by atoms with Crippen molar-refractivity contribution >= 4 is 5.78 Å². The molecule has 1 saturated heterocycles. The maximum atomic E-state index is 12.1. The molecular weight excluding hydrogens is 304 g/mol. The Morgan fingerprint density at radius 1 is 1.12 bits per heavy atom. The molecule has 0 unspecified atom stereocenters. The second-order valence-electron chi connectivity index (χ2n) is 9.05. The number of carbonyl (C=O) groups is 1. The predicted octanol–water partition coefficient (Wildman–Crippen LogP) is 3.01. The zero-order chi connectivity index (χ0) is 17.4. The second kappa shape index (κ2) is 4.80. The summed E-state index contributed by atoms with van der Waals surface area (Å²) in [5.41, 5.74) is 0.383. The Labute approximate surface area is 143 Å². The third-order valence-corrected chi connectivity index (χ3v) is 7.32. The molecule has 0 aromatic rings. The summed E-state index contributed by atoms with van der Waals surface area (Å²) in [6, 6.07) is 0. The number of hydrogen-bond donors (Lipinski definition) is 1. The molecule has 1 N–H and O–H groups in total. The summed E-state index contributed by atoms with van der Waals surface area (Å²) in [6.07, 6.45) is 7.32. The van der Waals surface area contributed by atoms with Gasteiger partial charge in [0, 0.05) is 23.2 Å². The molecule has 24 heavy (non-hydrogen) atoms. The maximum Gasteiger partial charge on any atom is 0.178 e. The molecule has 4 rings (SSSR count). The van der Waals surface area contributed by atoms with Crippen LogP contribution in [-0.4, -0.2) is 36.0 Å². The Morgan fingerprint density at radius 2 is 1.79 bits per heavy atom. The molecule has 4 nitrogen and oxygen atoms in total. The number of aliphatic hydroxyl groups excluding tert-OH is 1. The highest BCUT2D eigenvalue weighted by Gasteiger charge is 2.67. The first kappa shape index (κ1) is 16.5. The van der Waals surface area contributed by atoms with E-state index in [0.29, 0.717) is 19.6 Å². The normalized spacial score (nSPS) is 45.7. The first-order valence-corrected chi connectivity index (χ1v) is 9.07. The molecule has 4 atom stereocenters. The molecule has 1 aliphatic heterocycles. The van der Waals surface area contributed by atoms with Crippen molar-refractivity contribution in [2.45, 2.75) is 58.8 Å². The Balaban J connectivity index is 1.84. The first-order valence-electron chi connectivity index (χ1n) is 9.07. The van der Waals surface area contributed by atoms with Crippen LogP contribution >= 0.6 is 0 Å². The molecule has 1 spiro atoms. The fourth-order valence-corrected chi connectivity index (χ4v) is 6.37. The van der Waals surface area contributed by atoms with Crippen LogP contribution in [0.4, 0.5) is 0 Å². The maximum absolute atomic E-state index is 12.1. The average Bonchev–Trinajstić information content (AvgIpc) is 2.96. The van der Waals surface area contributed by atoms with Crippen LogP contribution in [0.15, 0.2) is 23.8 Å². The lowest BCUT2D eigenvalue weighted by atomic mass is 9.43. The highest BCUT2D eigenvalue weighted by molar-refractivity contribution is 6.01. The minimum absolute atomic E-state index is 0.00419. The standard InChI is InChI=1S/C20H28O4/c1-17(2)16-14(22)12-18(3)6-5-13(21)11-15(18)19(16,4)7-8-20(17)23-9-10-24-20/h5-6,11,14,16,22H,7-10,12H2,1-4H3/t14-,16-,18+,19+/m0/s1. The summed E-state index contributed by atoms with van der Waals surface area (Å²) in [5.74, 6) is -0.554. The van der Waals surface area contributed by atoms with E-state index in [9.17, 15) is 9.90 Å². The molecule has 3 fully saturated rings. The van der Waals surface area contributed by atoms with Crippen molar-refractivity contribution < 1.29 is 19.4 Å². The minimum atomic E-state index is -0.610. The van der Waals surface area contributed by atoms with E-state index in [1.54, 1.807) is 6.08 Å². The number of ether oxygens (including phenoxy) is 2. The van der Waals surface area contributed by atoms with Crippen molar-refractivity contribution in [1.82, 2.24) is 0 Å². The van der Waals surface area contributed by atoms with Crippen LogP contribution < -0.4 is 0 Å². The van der Waals surface area contributed by atoms with E-state index in [1.807, 2.05) is 12.2 Å². The number of ketones is 1. The molecule has 1 heterocycles. The Kier molecular flexibility index (Phi) is 3.30. The summed E-state index contributed by atoms with van der Waals surface area (Å²) in [7, 11) is 0. The smallest absolute Gasteiger partial charge is 0.178 e. The fraction of sp³-hybridized carbons (Fsp3) is 0.750. The highest BCUT2D eigenvalue weighted by Crippen LogP contribution is 2.68. The van der Waals surface area contributed by atoms with Crippen LogP contribution in [0, 0.1) is 22.2 Å². The van der Waals surface area contributed by atoms with Gasteiger partial charge in [-0.3, -0.25) is 4.79 Å². The molecule has 0 aromatic heterocycles. The summed E-state index contributed by atoms with van der Waals surface area (Å²) >= 11 is 0. The van der Waals surface area contributed by atoms with Gasteiger partial charge in [-0.25, -0.2) is 0 Å². The third kappa shape index (κ3) is 1.88. The second-order valence-corrected chi connectivity index (χ2v) is 9.05. The topological polar surface area (TPSA) is 55.8 Å². The van der Waals surface area contributed by atoms with Gasteiger partial charge >= 0.3 is 0 Å². The average molecular weight is 332 g/mol. The zero-order valence-electron chi connectivity index (χ0n) is 15.1. The molecule has 0 amide bonds. The van der Waals surface area contributed by atoms with Gasteiger partial charge in [-0.05, 0) is 30.4 Å². The molecule has 4 heteroatoms. The van der Waals surface area contributed by atoms with E-state index >= 15 is 0 Å². The number of hydrogen-bond acceptors (Lipinski definition) is 4.